The van der Waals surface area contributed by atoms with Crippen LogP contribution in [0.2, 0.25) is 0 Å². The molecule has 6 nitrogen and oxygen atoms in total. The summed E-state index contributed by atoms with van der Waals surface area (Å²) in [6, 6.07) is 4.83. The smallest absolute Gasteiger partial charge is 0.231 e. The third-order valence-corrected chi connectivity index (χ3v) is 2.89. The number of nitrogens with zero attached hydrogens (tertiary/aromatic N) is 1. The van der Waals surface area contributed by atoms with Crippen molar-refractivity contribution in [1.82, 2.24) is 0 Å². The second-order valence-electron chi connectivity index (χ2n) is 4.05. The van der Waals surface area contributed by atoms with Crippen molar-refractivity contribution in [2.24, 2.45) is 5.92 Å². The maximum Gasteiger partial charge on any atom is 0.231 e. The van der Waals surface area contributed by atoms with Crippen molar-refractivity contribution < 1.29 is 19.2 Å². The molecule has 1 heterocycles. The van der Waals surface area contributed by atoms with E-state index in [1.807, 2.05) is 0 Å². The minimum Gasteiger partial charge on any atom is -0.454 e. The molecule has 0 N–H and O–H groups in total. The van der Waals surface area contributed by atoms with Crippen LogP contribution in [0.15, 0.2) is 18.2 Å². The summed E-state index contributed by atoms with van der Waals surface area (Å²) >= 11 is 0. The van der Waals surface area contributed by atoms with Crippen molar-refractivity contribution in [3.8, 4) is 11.5 Å². The molecule has 1 aliphatic rings. The van der Waals surface area contributed by atoms with Gasteiger partial charge in [0.25, 0.3) is 0 Å². The van der Waals surface area contributed by atoms with Gasteiger partial charge in [0, 0.05) is 10.5 Å². The van der Waals surface area contributed by atoms with Crippen molar-refractivity contribution >= 4 is 5.78 Å². The molecule has 1 atom stereocenters. The van der Waals surface area contributed by atoms with Crippen molar-refractivity contribution in [2.75, 3.05) is 13.3 Å². The lowest BCUT2D eigenvalue weighted by atomic mass is 9.95. The Morgan fingerprint density at radius 1 is 1.44 bits per heavy atom. The lowest BCUT2D eigenvalue weighted by molar-refractivity contribution is -0.485. The number of nitro groups is 1. The van der Waals surface area contributed by atoms with Crippen LogP contribution < -0.4 is 9.47 Å². The lowest BCUT2D eigenvalue weighted by Gasteiger charge is -2.09. The monoisotopic (exact) mass is 251 g/mol. The first-order chi connectivity index (χ1) is 8.61. The van der Waals surface area contributed by atoms with Gasteiger partial charge in [-0.25, -0.2) is 0 Å². The first-order valence-corrected chi connectivity index (χ1v) is 5.67. The van der Waals surface area contributed by atoms with Gasteiger partial charge in [0.05, 0.1) is 5.92 Å². The standard InChI is InChI=1S/C12H13NO5/c1-2-8(6-13(15)16)12(14)9-3-4-10-11(5-9)18-7-17-10/h3-5,8H,2,6-7H2,1H3/t8-/m0/s1. The number of carbonyl (C=O) groups excluding carboxylic acids is 1. The Hall–Kier alpha value is -2.11. The molecule has 0 spiro atoms. The zero-order chi connectivity index (χ0) is 13.1. The molecular formula is C12H13NO5. The third-order valence-electron chi connectivity index (χ3n) is 2.89. The summed E-state index contributed by atoms with van der Waals surface area (Å²) in [5, 5.41) is 10.5. The van der Waals surface area contributed by atoms with Gasteiger partial charge in [0.2, 0.25) is 13.3 Å². The molecule has 2 rings (SSSR count). The predicted molar refractivity (Wildman–Crippen MR) is 62.5 cm³/mol. The van der Waals surface area contributed by atoms with E-state index in [1.54, 1.807) is 25.1 Å². The van der Waals surface area contributed by atoms with Crippen LogP contribution in [0.3, 0.4) is 0 Å². The molecule has 0 bridgehead atoms. The first kappa shape index (κ1) is 12.3. The Morgan fingerprint density at radius 3 is 2.83 bits per heavy atom. The van der Waals surface area contributed by atoms with E-state index in [4.69, 9.17) is 9.47 Å². The second kappa shape index (κ2) is 5.03. The fraction of sp³-hybridized carbons (Fsp3) is 0.417. The summed E-state index contributed by atoms with van der Waals surface area (Å²) in [7, 11) is 0. The number of hydrogen-bond donors (Lipinski definition) is 0. The van der Waals surface area contributed by atoms with Gasteiger partial charge in [0.1, 0.15) is 0 Å². The highest BCUT2D eigenvalue weighted by atomic mass is 16.7. The van der Waals surface area contributed by atoms with Crippen molar-refractivity contribution in [1.29, 1.82) is 0 Å². The number of Topliss-reactive ketones (excluding diaryl/α,β-unsaturated/α-hetero) is 1. The Bertz CT molecular complexity index is 485. The Balaban J connectivity index is 2.19. The van der Waals surface area contributed by atoms with E-state index in [2.05, 4.69) is 0 Å². The average Bonchev–Trinajstić information content (AvgIpc) is 2.81. The molecule has 0 aromatic heterocycles. The van der Waals surface area contributed by atoms with Gasteiger partial charge in [0.15, 0.2) is 17.3 Å². The molecule has 18 heavy (non-hydrogen) atoms. The van der Waals surface area contributed by atoms with Gasteiger partial charge < -0.3 is 9.47 Å². The van der Waals surface area contributed by atoms with E-state index in [1.165, 1.54) is 0 Å². The number of rotatable bonds is 5. The van der Waals surface area contributed by atoms with Crippen molar-refractivity contribution in [3.63, 3.8) is 0 Å². The number of ketones is 1. The molecular weight excluding hydrogens is 238 g/mol. The average molecular weight is 251 g/mol. The van der Waals surface area contributed by atoms with Crippen LogP contribution in [-0.2, 0) is 0 Å². The Kier molecular flexibility index (Phi) is 3.45. The Morgan fingerprint density at radius 2 is 2.17 bits per heavy atom. The predicted octanol–water partition coefficient (Wildman–Crippen LogP) is 1.90. The fourth-order valence-electron chi connectivity index (χ4n) is 1.86. The molecule has 0 radical (unpaired) electrons. The highest BCUT2D eigenvalue weighted by Crippen LogP contribution is 2.33. The lowest BCUT2D eigenvalue weighted by Crippen LogP contribution is -2.22. The highest BCUT2D eigenvalue weighted by Gasteiger charge is 2.25. The van der Waals surface area contributed by atoms with Crippen molar-refractivity contribution in [3.05, 3.63) is 33.9 Å². The molecule has 0 fully saturated rings. The van der Waals surface area contributed by atoms with Crippen LogP contribution in [-0.4, -0.2) is 24.0 Å². The maximum atomic E-state index is 12.1. The summed E-state index contributed by atoms with van der Waals surface area (Å²) in [4.78, 5) is 22.2. The number of fused-ring (bicyclic) bond motifs is 1. The number of benzene rings is 1. The quantitative estimate of drug-likeness (QED) is 0.453. The molecule has 0 amide bonds. The largest absolute Gasteiger partial charge is 0.454 e. The second-order valence-corrected chi connectivity index (χ2v) is 4.05. The van der Waals surface area contributed by atoms with Crippen LogP contribution in [0.1, 0.15) is 23.7 Å². The maximum absolute atomic E-state index is 12.1. The number of hydrogen-bond acceptors (Lipinski definition) is 5. The summed E-state index contributed by atoms with van der Waals surface area (Å²) in [5.41, 5.74) is 0.424. The summed E-state index contributed by atoms with van der Waals surface area (Å²) in [6.45, 7) is 1.56. The van der Waals surface area contributed by atoms with Gasteiger partial charge in [-0.05, 0) is 24.6 Å². The molecule has 1 aromatic carbocycles. The SMILES string of the molecule is CC[C@@H](C[N+](=O)[O-])C(=O)c1ccc2c(c1)OCO2. The van der Waals surface area contributed by atoms with Gasteiger partial charge in [-0.1, -0.05) is 6.92 Å². The summed E-state index contributed by atoms with van der Waals surface area (Å²) in [5.74, 6) is 0.276. The van der Waals surface area contributed by atoms with E-state index in [-0.39, 0.29) is 19.1 Å². The summed E-state index contributed by atoms with van der Waals surface area (Å²) < 4.78 is 10.3. The molecule has 0 aliphatic carbocycles. The number of ether oxygens (including phenoxy) is 2. The van der Waals surface area contributed by atoms with E-state index in [0.717, 1.165) is 0 Å². The molecule has 6 heteroatoms. The van der Waals surface area contributed by atoms with E-state index in [0.29, 0.717) is 23.5 Å². The normalized spacial score (nSPS) is 14.3. The van der Waals surface area contributed by atoms with E-state index >= 15 is 0 Å². The zero-order valence-electron chi connectivity index (χ0n) is 9.92. The van der Waals surface area contributed by atoms with Crippen LogP contribution in [0, 0.1) is 16.0 Å². The van der Waals surface area contributed by atoms with Crippen molar-refractivity contribution in [2.45, 2.75) is 13.3 Å². The topological polar surface area (TPSA) is 78.7 Å². The molecule has 96 valence electrons. The summed E-state index contributed by atoms with van der Waals surface area (Å²) in [6.07, 6.45) is 0.439. The van der Waals surface area contributed by atoms with Crippen LogP contribution in [0.25, 0.3) is 0 Å². The molecule has 1 aromatic rings. The molecule has 0 unspecified atom stereocenters. The third kappa shape index (κ3) is 2.42. The minimum atomic E-state index is -0.597. The Labute approximate surface area is 104 Å². The van der Waals surface area contributed by atoms with Gasteiger partial charge >= 0.3 is 0 Å². The van der Waals surface area contributed by atoms with Gasteiger partial charge in [-0.3, -0.25) is 14.9 Å². The molecule has 0 saturated heterocycles. The van der Waals surface area contributed by atoms with Crippen LogP contribution >= 0.6 is 0 Å². The van der Waals surface area contributed by atoms with E-state index in [9.17, 15) is 14.9 Å². The molecule has 1 aliphatic heterocycles. The van der Waals surface area contributed by atoms with Crippen LogP contribution in [0.5, 0.6) is 11.5 Å². The highest BCUT2D eigenvalue weighted by molar-refractivity contribution is 5.98. The number of carbonyl (C=O) groups is 1. The molecule has 0 saturated carbocycles. The fourth-order valence-corrected chi connectivity index (χ4v) is 1.86. The first-order valence-electron chi connectivity index (χ1n) is 5.67. The van der Waals surface area contributed by atoms with Gasteiger partial charge in [-0.2, -0.15) is 0 Å². The van der Waals surface area contributed by atoms with Gasteiger partial charge in [-0.15, -0.1) is 0 Å². The minimum absolute atomic E-state index is 0.138. The van der Waals surface area contributed by atoms with E-state index < -0.39 is 10.8 Å². The van der Waals surface area contributed by atoms with Crippen LogP contribution in [0.4, 0.5) is 0 Å². The zero-order valence-corrected chi connectivity index (χ0v) is 9.92.